The lowest BCUT2D eigenvalue weighted by atomic mass is 10.1. The van der Waals surface area contributed by atoms with Gasteiger partial charge in [-0.15, -0.1) is 0 Å². The summed E-state index contributed by atoms with van der Waals surface area (Å²) in [5.41, 5.74) is 1.49. The van der Waals surface area contributed by atoms with E-state index in [0.29, 0.717) is 29.5 Å². The molecule has 0 spiro atoms. The fourth-order valence-electron chi connectivity index (χ4n) is 1.62. The molecule has 1 rings (SSSR count). The van der Waals surface area contributed by atoms with Crippen LogP contribution in [0.25, 0.3) is 0 Å². The molecule has 100 valence electrons. The molecule has 0 saturated carbocycles. The second kappa shape index (κ2) is 6.28. The minimum atomic E-state index is -0.0813. The van der Waals surface area contributed by atoms with E-state index in [1.165, 1.54) is 0 Å². The molecular weight excluding hydrogens is 230 g/mol. The number of benzene rings is 1. The molecule has 1 amide bonds. The van der Waals surface area contributed by atoms with E-state index in [4.69, 9.17) is 9.47 Å². The van der Waals surface area contributed by atoms with E-state index in [0.717, 1.165) is 5.56 Å². The van der Waals surface area contributed by atoms with Gasteiger partial charge in [0.25, 0.3) is 5.91 Å². The van der Waals surface area contributed by atoms with E-state index < -0.39 is 0 Å². The molecule has 0 saturated heterocycles. The van der Waals surface area contributed by atoms with Crippen LogP contribution in [-0.4, -0.2) is 26.7 Å². The van der Waals surface area contributed by atoms with Crippen molar-refractivity contribution in [3.05, 3.63) is 23.3 Å². The van der Waals surface area contributed by atoms with Crippen LogP contribution in [0.5, 0.6) is 11.5 Å². The fourth-order valence-corrected chi connectivity index (χ4v) is 1.62. The highest BCUT2D eigenvalue weighted by Crippen LogP contribution is 2.30. The lowest BCUT2D eigenvalue weighted by Crippen LogP contribution is -2.27. The van der Waals surface area contributed by atoms with Crippen molar-refractivity contribution in [2.24, 2.45) is 5.92 Å². The van der Waals surface area contributed by atoms with Crippen molar-refractivity contribution in [3.63, 3.8) is 0 Å². The van der Waals surface area contributed by atoms with Gasteiger partial charge in [-0.2, -0.15) is 0 Å². The first-order valence-electron chi connectivity index (χ1n) is 6.00. The molecule has 0 aliphatic carbocycles. The molecule has 0 fully saturated rings. The lowest BCUT2D eigenvalue weighted by Gasteiger charge is -2.13. The molecule has 1 N–H and O–H groups in total. The Morgan fingerprint density at radius 3 is 2.28 bits per heavy atom. The molecule has 18 heavy (non-hydrogen) atoms. The highest BCUT2D eigenvalue weighted by atomic mass is 16.5. The van der Waals surface area contributed by atoms with E-state index in [1.807, 2.05) is 13.0 Å². The first-order valence-corrected chi connectivity index (χ1v) is 6.00. The molecule has 0 unspecified atom stereocenters. The summed E-state index contributed by atoms with van der Waals surface area (Å²) in [5.74, 6) is 1.55. The first-order chi connectivity index (χ1) is 8.49. The molecule has 0 aliphatic rings. The average Bonchev–Trinajstić information content (AvgIpc) is 2.35. The van der Waals surface area contributed by atoms with E-state index in [-0.39, 0.29) is 5.91 Å². The van der Waals surface area contributed by atoms with Crippen molar-refractivity contribution in [2.45, 2.75) is 20.8 Å². The SMILES string of the molecule is COc1cc(C)c(C(=O)NCC(C)C)cc1OC. The molecule has 1 aromatic rings. The molecular formula is C14H21NO3. The van der Waals surface area contributed by atoms with Gasteiger partial charge < -0.3 is 14.8 Å². The zero-order valence-electron chi connectivity index (χ0n) is 11.7. The quantitative estimate of drug-likeness (QED) is 0.874. The van der Waals surface area contributed by atoms with Gasteiger partial charge in [0, 0.05) is 12.1 Å². The van der Waals surface area contributed by atoms with E-state index in [1.54, 1.807) is 20.3 Å². The number of ether oxygens (including phenoxy) is 2. The Morgan fingerprint density at radius 2 is 1.78 bits per heavy atom. The molecule has 0 aromatic heterocycles. The number of hydrogen-bond donors (Lipinski definition) is 1. The van der Waals surface area contributed by atoms with E-state index in [9.17, 15) is 4.79 Å². The molecule has 0 heterocycles. The molecule has 0 radical (unpaired) electrons. The van der Waals surface area contributed by atoms with Gasteiger partial charge in [0.05, 0.1) is 14.2 Å². The predicted molar refractivity (Wildman–Crippen MR) is 71.5 cm³/mol. The highest BCUT2D eigenvalue weighted by Gasteiger charge is 2.14. The van der Waals surface area contributed by atoms with Gasteiger partial charge in [0.1, 0.15) is 0 Å². The minimum Gasteiger partial charge on any atom is -0.493 e. The normalized spacial score (nSPS) is 10.3. The Hall–Kier alpha value is -1.71. The number of rotatable bonds is 5. The van der Waals surface area contributed by atoms with Crippen LogP contribution >= 0.6 is 0 Å². The highest BCUT2D eigenvalue weighted by molar-refractivity contribution is 5.96. The smallest absolute Gasteiger partial charge is 0.251 e. The van der Waals surface area contributed by atoms with Gasteiger partial charge in [-0.25, -0.2) is 0 Å². The topological polar surface area (TPSA) is 47.6 Å². The Morgan fingerprint density at radius 1 is 1.22 bits per heavy atom. The van der Waals surface area contributed by atoms with Gasteiger partial charge >= 0.3 is 0 Å². The lowest BCUT2D eigenvalue weighted by molar-refractivity contribution is 0.0948. The van der Waals surface area contributed by atoms with Crippen molar-refractivity contribution < 1.29 is 14.3 Å². The van der Waals surface area contributed by atoms with Crippen LogP contribution in [0.1, 0.15) is 29.8 Å². The fraction of sp³-hybridized carbons (Fsp3) is 0.500. The van der Waals surface area contributed by atoms with Crippen molar-refractivity contribution in [3.8, 4) is 11.5 Å². The first kappa shape index (κ1) is 14.4. The van der Waals surface area contributed by atoms with Crippen LogP contribution in [-0.2, 0) is 0 Å². The summed E-state index contributed by atoms with van der Waals surface area (Å²) in [4.78, 5) is 12.0. The monoisotopic (exact) mass is 251 g/mol. The van der Waals surface area contributed by atoms with Crippen molar-refractivity contribution in [2.75, 3.05) is 20.8 Å². The van der Waals surface area contributed by atoms with Gasteiger partial charge in [-0.1, -0.05) is 13.8 Å². The number of amides is 1. The second-order valence-electron chi connectivity index (χ2n) is 4.63. The van der Waals surface area contributed by atoms with Crippen LogP contribution in [0.15, 0.2) is 12.1 Å². The van der Waals surface area contributed by atoms with Crippen LogP contribution in [0.2, 0.25) is 0 Å². The summed E-state index contributed by atoms with van der Waals surface area (Å²) in [5, 5.41) is 2.89. The van der Waals surface area contributed by atoms with Gasteiger partial charge in [0.15, 0.2) is 11.5 Å². The summed E-state index contributed by atoms with van der Waals surface area (Å²) >= 11 is 0. The van der Waals surface area contributed by atoms with Gasteiger partial charge in [0.2, 0.25) is 0 Å². The molecule has 4 heteroatoms. The number of nitrogens with one attached hydrogen (secondary N) is 1. The summed E-state index contributed by atoms with van der Waals surface area (Å²) in [6.45, 7) is 6.66. The maximum atomic E-state index is 12.0. The Bertz CT molecular complexity index is 427. The zero-order valence-corrected chi connectivity index (χ0v) is 11.7. The molecule has 4 nitrogen and oxygen atoms in total. The van der Waals surface area contributed by atoms with Crippen LogP contribution in [0.3, 0.4) is 0 Å². The van der Waals surface area contributed by atoms with Crippen molar-refractivity contribution in [1.29, 1.82) is 0 Å². The van der Waals surface area contributed by atoms with Crippen LogP contribution in [0.4, 0.5) is 0 Å². The van der Waals surface area contributed by atoms with Gasteiger partial charge in [-0.05, 0) is 30.5 Å². The largest absolute Gasteiger partial charge is 0.493 e. The third kappa shape index (κ3) is 3.39. The number of carbonyl (C=O) groups excluding carboxylic acids is 1. The summed E-state index contributed by atoms with van der Waals surface area (Å²) < 4.78 is 10.4. The number of hydrogen-bond acceptors (Lipinski definition) is 3. The summed E-state index contributed by atoms with van der Waals surface area (Å²) in [6.07, 6.45) is 0. The number of methoxy groups -OCH3 is 2. The molecule has 1 aromatic carbocycles. The third-order valence-electron chi connectivity index (χ3n) is 2.65. The zero-order chi connectivity index (χ0) is 13.7. The molecule has 0 bridgehead atoms. The van der Waals surface area contributed by atoms with Crippen molar-refractivity contribution >= 4 is 5.91 Å². The van der Waals surface area contributed by atoms with Gasteiger partial charge in [-0.3, -0.25) is 4.79 Å². The maximum absolute atomic E-state index is 12.0. The molecule has 0 atom stereocenters. The minimum absolute atomic E-state index is 0.0813. The Balaban J connectivity index is 2.98. The maximum Gasteiger partial charge on any atom is 0.251 e. The standard InChI is InChI=1S/C14H21NO3/c1-9(2)8-15-14(16)11-7-13(18-5)12(17-4)6-10(11)3/h6-7,9H,8H2,1-5H3,(H,15,16). The summed E-state index contributed by atoms with van der Waals surface area (Å²) in [7, 11) is 3.14. The molecule has 0 aliphatic heterocycles. The predicted octanol–water partition coefficient (Wildman–Crippen LogP) is 2.40. The van der Waals surface area contributed by atoms with Crippen molar-refractivity contribution in [1.82, 2.24) is 5.32 Å². The summed E-state index contributed by atoms with van der Waals surface area (Å²) in [6, 6.07) is 3.52. The Kier molecular flexibility index (Phi) is 5.01. The number of aryl methyl sites for hydroxylation is 1. The Labute approximate surface area is 108 Å². The van der Waals surface area contributed by atoms with E-state index >= 15 is 0 Å². The third-order valence-corrected chi connectivity index (χ3v) is 2.65. The van der Waals surface area contributed by atoms with Crippen LogP contribution < -0.4 is 14.8 Å². The average molecular weight is 251 g/mol. The second-order valence-corrected chi connectivity index (χ2v) is 4.63. The van der Waals surface area contributed by atoms with E-state index in [2.05, 4.69) is 19.2 Å². The van der Waals surface area contributed by atoms with Crippen LogP contribution in [0, 0.1) is 12.8 Å². The number of carbonyl (C=O) groups is 1.